The first-order chi connectivity index (χ1) is 6.34. The second-order valence-corrected chi connectivity index (χ2v) is 3.41. The summed E-state index contributed by atoms with van der Waals surface area (Å²) in [6.45, 7) is 0. The maximum atomic E-state index is 5.54. The lowest BCUT2D eigenvalue weighted by Gasteiger charge is -1.96. The summed E-state index contributed by atoms with van der Waals surface area (Å²) in [5.41, 5.74) is 6.29. The van der Waals surface area contributed by atoms with Gasteiger partial charge in [-0.2, -0.15) is 5.21 Å². The molecule has 0 atom stereocenters. The molecule has 1 aromatic heterocycles. The third-order valence-corrected chi connectivity index (χ3v) is 2.28. The number of nitrogens with zero attached hydrogens (tertiary/aromatic N) is 3. The summed E-state index contributed by atoms with van der Waals surface area (Å²) in [4.78, 5) is 1.04. The summed E-state index contributed by atoms with van der Waals surface area (Å²) in [5, 5.41) is 14.1. The third-order valence-electron chi connectivity index (χ3n) is 1.42. The fourth-order valence-electron chi connectivity index (χ4n) is 0.837. The quantitative estimate of drug-likeness (QED) is 0.693. The molecule has 0 bridgehead atoms. The van der Waals surface area contributed by atoms with E-state index in [0.717, 1.165) is 10.6 Å². The summed E-state index contributed by atoms with van der Waals surface area (Å²) < 4.78 is 0. The molecule has 6 heteroatoms. The Morgan fingerprint density at radius 2 is 2.00 bits per heavy atom. The highest BCUT2D eigenvalue weighted by Crippen LogP contribution is 2.23. The van der Waals surface area contributed by atoms with Crippen LogP contribution in [0.5, 0.6) is 0 Å². The predicted octanol–water partition coefficient (Wildman–Crippen LogP) is 0.933. The Kier molecular flexibility index (Phi) is 2.13. The molecule has 0 aliphatic carbocycles. The Morgan fingerprint density at radius 1 is 1.23 bits per heavy atom. The van der Waals surface area contributed by atoms with Crippen LogP contribution < -0.4 is 5.73 Å². The van der Waals surface area contributed by atoms with E-state index in [1.807, 2.05) is 24.3 Å². The maximum absolute atomic E-state index is 5.54. The second-order valence-electron chi connectivity index (χ2n) is 2.37. The van der Waals surface area contributed by atoms with Crippen molar-refractivity contribution in [2.24, 2.45) is 0 Å². The highest BCUT2D eigenvalue weighted by molar-refractivity contribution is 7.99. The molecule has 0 aliphatic heterocycles. The van der Waals surface area contributed by atoms with Crippen molar-refractivity contribution in [3.8, 4) is 0 Å². The Labute approximate surface area is 78.7 Å². The molecule has 66 valence electrons. The van der Waals surface area contributed by atoms with Gasteiger partial charge in [0.15, 0.2) is 0 Å². The van der Waals surface area contributed by atoms with E-state index in [9.17, 15) is 0 Å². The first-order valence-electron chi connectivity index (χ1n) is 3.61. The van der Waals surface area contributed by atoms with Gasteiger partial charge >= 0.3 is 0 Å². The van der Waals surface area contributed by atoms with Crippen molar-refractivity contribution in [1.82, 2.24) is 20.6 Å². The molecule has 0 spiro atoms. The molecule has 0 aliphatic rings. The van der Waals surface area contributed by atoms with E-state index in [0.29, 0.717) is 5.16 Å². The Morgan fingerprint density at radius 3 is 2.62 bits per heavy atom. The SMILES string of the molecule is Nc1ccc(Sc2nn[nH]n2)cc1. The van der Waals surface area contributed by atoms with Crippen LogP contribution in [0.4, 0.5) is 5.69 Å². The maximum Gasteiger partial charge on any atom is 0.235 e. The molecule has 0 saturated carbocycles. The zero-order valence-corrected chi connectivity index (χ0v) is 7.45. The van der Waals surface area contributed by atoms with Crippen molar-refractivity contribution in [2.75, 3.05) is 5.73 Å². The van der Waals surface area contributed by atoms with Gasteiger partial charge < -0.3 is 5.73 Å². The lowest BCUT2D eigenvalue weighted by Crippen LogP contribution is -1.83. The van der Waals surface area contributed by atoms with Crippen molar-refractivity contribution in [1.29, 1.82) is 0 Å². The van der Waals surface area contributed by atoms with Crippen LogP contribution >= 0.6 is 11.8 Å². The van der Waals surface area contributed by atoms with Gasteiger partial charge in [0.25, 0.3) is 0 Å². The number of aromatic nitrogens is 4. The molecule has 0 radical (unpaired) electrons. The number of nitrogens with one attached hydrogen (secondary N) is 1. The number of rotatable bonds is 2. The highest BCUT2D eigenvalue weighted by atomic mass is 32.2. The standard InChI is InChI=1S/C7H7N5S/c8-5-1-3-6(4-2-5)13-7-9-11-12-10-7/h1-4H,8H2,(H,9,10,11,12). The Hall–Kier alpha value is -1.56. The summed E-state index contributed by atoms with van der Waals surface area (Å²) in [5.74, 6) is 0. The minimum absolute atomic E-state index is 0.602. The fraction of sp³-hybridized carbons (Fsp3) is 0. The van der Waals surface area contributed by atoms with Gasteiger partial charge in [-0.05, 0) is 41.2 Å². The van der Waals surface area contributed by atoms with Crippen molar-refractivity contribution >= 4 is 17.4 Å². The third kappa shape index (κ3) is 1.97. The Bertz CT molecular complexity index is 368. The van der Waals surface area contributed by atoms with Crippen LogP contribution in [0.25, 0.3) is 0 Å². The molecule has 2 aromatic rings. The van der Waals surface area contributed by atoms with Gasteiger partial charge in [-0.15, -0.1) is 10.2 Å². The van der Waals surface area contributed by atoms with Gasteiger partial charge in [0.1, 0.15) is 0 Å². The van der Waals surface area contributed by atoms with E-state index < -0.39 is 0 Å². The van der Waals surface area contributed by atoms with E-state index in [4.69, 9.17) is 5.73 Å². The van der Waals surface area contributed by atoms with E-state index in [1.165, 1.54) is 11.8 Å². The van der Waals surface area contributed by atoms with E-state index in [-0.39, 0.29) is 0 Å². The van der Waals surface area contributed by atoms with Crippen molar-refractivity contribution in [3.05, 3.63) is 24.3 Å². The minimum Gasteiger partial charge on any atom is -0.399 e. The van der Waals surface area contributed by atoms with Crippen molar-refractivity contribution < 1.29 is 0 Å². The molecule has 2 rings (SSSR count). The largest absolute Gasteiger partial charge is 0.399 e. The molecular formula is C7H7N5S. The van der Waals surface area contributed by atoms with E-state index in [1.54, 1.807) is 0 Å². The van der Waals surface area contributed by atoms with Crippen LogP contribution in [-0.2, 0) is 0 Å². The smallest absolute Gasteiger partial charge is 0.235 e. The van der Waals surface area contributed by atoms with E-state index >= 15 is 0 Å². The van der Waals surface area contributed by atoms with Crippen LogP contribution in [-0.4, -0.2) is 20.6 Å². The topological polar surface area (TPSA) is 80.5 Å². The van der Waals surface area contributed by atoms with Crippen LogP contribution in [0.2, 0.25) is 0 Å². The van der Waals surface area contributed by atoms with Gasteiger partial charge in [-0.1, -0.05) is 0 Å². The average Bonchev–Trinajstić information content (AvgIpc) is 2.62. The number of benzene rings is 1. The minimum atomic E-state index is 0.602. The van der Waals surface area contributed by atoms with Gasteiger partial charge in [0.05, 0.1) is 0 Å². The highest BCUT2D eigenvalue weighted by Gasteiger charge is 2.00. The summed E-state index contributed by atoms with van der Waals surface area (Å²) in [6.07, 6.45) is 0. The fourth-order valence-corrected chi connectivity index (χ4v) is 1.49. The Balaban J connectivity index is 2.15. The molecule has 0 fully saturated rings. The lowest BCUT2D eigenvalue weighted by molar-refractivity contribution is 0.881. The zero-order chi connectivity index (χ0) is 9.10. The van der Waals surface area contributed by atoms with Gasteiger partial charge in [0, 0.05) is 10.6 Å². The number of nitrogens with two attached hydrogens (primary N) is 1. The zero-order valence-electron chi connectivity index (χ0n) is 6.64. The lowest BCUT2D eigenvalue weighted by atomic mass is 10.3. The van der Waals surface area contributed by atoms with Crippen molar-refractivity contribution in [3.63, 3.8) is 0 Å². The molecule has 0 amide bonds. The average molecular weight is 193 g/mol. The van der Waals surface area contributed by atoms with Gasteiger partial charge in [0.2, 0.25) is 5.16 Å². The van der Waals surface area contributed by atoms with E-state index in [2.05, 4.69) is 20.6 Å². The predicted molar refractivity (Wildman–Crippen MR) is 49.2 cm³/mol. The molecule has 1 aromatic carbocycles. The molecule has 0 unspecified atom stereocenters. The summed E-state index contributed by atoms with van der Waals surface area (Å²) in [7, 11) is 0. The monoisotopic (exact) mass is 193 g/mol. The van der Waals surface area contributed by atoms with Crippen LogP contribution in [0.1, 0.15) is 0 Å². The first kappa shape index (κ1) is 8.06. The normalized spacial score (nSPS) is 10.2. The number of hydrogen-bond donors (Lipinski definition) is 2. The summed E-state index contributed by atoms with van der Waals surface area (Å²) in [6, 6.07) is 7.50. The molecule has 5 nitrogen and oxygen atoms in total. The van der Waals surface area contributed by atoms with Gasteiger partial charge in [-0.25, -0.2) is 0 Å². The molecule has 13 heavy (non-hydrogen) atoms. The van der Waals surface area contributed by atoms with Gasteiger partial charge in [-0.3, -0.25) is 0 Å². The number of anilines is 1. The molecular weight excluding hydrogens is 186 g/mol. The number of aromatic amines is 1. The van der Waals surface area contributed by atoms with Crippen LogP contribution in [0, 0.1) is 0 Å². The second kappa shape index (κ2) is 3.44. The van der Waals surface area contributed by atoms with Crippen LogP contribution in [0.3, 0.4) is 0 Å². The van der Waals surface area contributed by atoms with Crippen LogP contribution in [0.15, 0.2) is 34.3 Å². The number of hydrogen-bond acceptors (Lipinski definition) is 5. The molecule has 0 saturated heterocycles. The number of tetrazole rings is 1. The number of nitrogen functional groups attached to an aromatic ring is 1. The number of H-pyrrole nitrogens is 1. The first-order valence-corrected chi connectivity index (χ1v) is 4.43. The molecule has 1 heterocycles. The summed E-state index contributed by atoms with van der Waals surface area (Å²) >= 11 is 1.43. The molecule has 3 N–H and O–H groups in total. The van der Waals surface area contributed by atoms with Crippen molar-refractivity contribution in [2.45, 2.75) is 10.1 Å².